The molecule has 0 aliphatic heterocycles. The number of benzene rings is 2. The van der Waals surface area contributed by atoms with Crippen LogP contribution in [0.2, 0.25) is 0 Å². The van der Waals surface area contributed by atoms with Gasteiger partial charge in [-0.25, -0.2) is 23.1 Å². The van der Waals surface area contributed by atoms with E-state index in [0.29, 0.717) is 28.6 Å². The Morgan fingerprint density at radius 2 is 1.83 bits per heavy atom. The predicted molar refractivity (Wildman–Crippen MR) is 87.7 cm³/mol. The Morgan fingerprint density at radius 3 is 2.58 bits per heavy atom. The number of hydrogen-bond acceptors (Lipinski definition) is 3. The zero-order valence-corrected chi connectivity index (χ0v) is 13.1. The van der Waals surface area contributed by atoms with Gasteiger partial charge in [-0.05, 0) is 26.0 Å². The smallest absolute Gasteiger partial charge is 0.266 e. The van der Waals surface area contributed by atoms with E-state index in [4.69, 9.17) is 1.37 Å². The molecule has 0 aliphatic carbocycles. The van der Waals surface area contributed by atoms with Crippen LogP contribution in [0.3, 0.4) is 0 Å². The summed E-state index contributed by atoms with van der Waals surface area (Å²) < 4.78 is 47.9. The Balaban J connectivity index is 2.02. The van der Waals surface area contributed by atoms with Gasteiger partial charge in [-0.2, -0.15) is 0 Å². The third-order valence-corrected chi connectivity index (χ3v) is 3.77. The molecule has 3 aromatic rings. The first-order chi connectivity index (χ1) is 11.9. The number of alkyl halides is 2. The summed E-state index contributed by atoms with van der Waals surface area (Å²) in [5, 5.41) is 3.68. The summed E-state index contributed by atoms with van der Waals surface area (Å²) in [7, 11) is 0. The van der Waals surface area contributed by atoms with Crippen molar-refractivity contribution in [1.29, 1.82) is 0 Å². The Labute approximate surface area is 139 Å². The molecule has 3 nitrogen and oxygen atoms in total. The van der Waals surface area contributed by atoms with Crippen LogP contribution in [-0.4, -0.2) is 9.97 Å². The first-order valence-electron chi connectivity index (χ1n) is 7.95. The van der Waals surface area contributed by atoms with Crippen LogP contribution in [0.25, 0.3) is 10.9 Å². The number of nitrogens with zero attached hydrogens (tertiary/aromatic N) is 2. The van der Waals surface area contributed by atoms with Gasteiger partial charge in [-0.3, -0.25) is 0 Å². The van der Waals surface area contributed by atoms with Gasteiger partial charge in [-0.1, -0.05) is 30.3 Å². The van der Waals surface area contributed by atoms with E-state index >= 15 is 0 Å². The summed E-state index contributed by atoms with van der Waals surface area (Å²) >= 11 is 0. The topological polar surface area (TPSA) is 37.8 Å². The Morgan fingerprint density at radius 1 is 1.08 bits per heavy atom. The maximum atomic E-state index is 14.4. The molecule has 0 aliphatic rings. The summed E-state index contributed by atoms with van der Waals surface area (Å²) in [4.78, 5) is 8.62. The molecule has 1 unspecified atom stereocenters. The van der Waals surface area contributed by atoms with E-state index < -0.39 is 23.8 Å². The van der Waals surface area contributed by atoms with Gasteiger partial charge in [0.15, 0.2) is 0 Å². The van der Waals surface area contributed by atoms with Crippen molar-refractivity contribution in [2.24, 2.45) is 0 Å². The minimum absolute atomic E-state index is 0.129. The Kier molecular flexibility index (Phi) is 4.02. The minimum Gasteiger partial charge on any atom is -0.363 e. The highest BCUT2D eigenvalue weighted by Gasteiger charge is 2.20. The lowest BCUT2D eigenvalue weighted by molar-refractivity contribution is 0.146. The van der Waals surface area contributed by atoms with Crippen molar-refractivity contribution in [3.05, 3.63) is 65.2 Å². The molecule has 0 saturated carbocycles. The third kappa shape index (κ3) is 3.04. The fraction of sp³-hybridized carbons (Fsp3) is 0.222. The van der Waals surface area contributed by atoms with Gasteiger partial charge in [0.2, 0.25) is 0 Å². The van der Waals surface area contributed by atoms with Crippen molar-refractivity contribution >= 4 is 16.7 Å². The average molecular weight is 332 g/mol. The van der Waals surface area contributed by atoms with E-state index in [9.17, 15) is 13.2 Å². The monoisotopic (exact) mass is 332 g/mol. The lowest BCUT2D eigenvalue weighted by Crippen LogP contribution is -2.12. The number of fused-ring (bicyclic) bond motifs is 1. The highest BCUT2D eigenvalue weighted by molar-refractivity contribution is 5.89. The van der Waals surface area contributed by atoms with E-state index in [0.717, 1.165) is 6.07 Å². The standard InChI is InChI=1S/C18H16F3N3/c1-10(12-7-5-8-14(16(12)19)17(20)21)22-18-13-6-3-4-9-15(13)23-11(2)24-18/h3-10,17H,1-2H3,(H,22,23,24)/i3D. The van der Waals surface area contributed by atoms with Crippen LogP contribution < -0.4 is 5.32 Å². The molecule has 1 atom stereocenters. The van der Waals surface area contributed by atoms with Crippen LogP contribution in [0.1, 0.15) is 37.7 Å². The second-order valence-electron chi connectivity index (χ2n) is 5.48. The van der Waals surface area contributed by atoms with E-state index in [1.54, 1.807) is 32.0 Å². The number of nitrogens with one attached hydrogen (secondary N) is 1. The first kappa shape index (κ1) is 14.9. The van der Waals surface area contributed by atoms with Gasteiger partial charge in [0, 0.05) is 10.9 Å². The molecular weight excluding hydrogens is 315 g/mol. The zero-order valence-electron chi connectivity index (χ0n) is 14.1. The molecule has 0 radical (unpaired) electrons. The van der Waals surface area contributed by atoms with E-state index in [1.165, 1.54) is 12.1 Å². The summed E-state index contributed by atoms with van der Waals surface area (Å²) in [5.41, 5.74) is 0.160. The van der Waals surface area contributed by atoms with Crippen LogP contribution in [0, 0.1) is 12.7 Å². The Hall–Kier alpha value is -2.63. The number of hydrogen-bond donors (Lipinski definition) is 1. The molecule has 124 valence electrons. The lowest BCUT2D eigenvalue weighted by atomic mass is 10.0. The van der Waals surface area contributed by atoms with E-state index in [-0.39, 0.29) is 5.56 Å². The van der Waals surface area contributed by atoms with Gasteiger partial charge in [0.25, 0.3) is 6.43 Å². The Bertz CT molecular complexity index is 931. The maximum absolute atomic E-state index is 14.4. The number of halogens is 3. The molecule has 6 heteroatoms. The molecule has 1 heterocycles. The largest absolute Gasteiger partial charge is 0.363 e. The third-order valence-electron chi connectivity index (χ3n) is 3.77. The fourth-order valence-electron chi connectivity index (χ4n) is 2.59. The number of aromatic nitrogens is 2. The fourth-order valence-corrected chi connectivity index (χ4v) is 2.59. The second kappa shape index (κ2) is 6.47. The predicted octanol–water partition coefficient (Wildman–Crippen LogP) is 5.19. The number of para-hydroxylation sites is 1. The van der Waals surface area contributed by atoms with E-state index in [1.807, 2.05) is 0 Å². The van der Waals surface area contributed by atoms with Crippen molar-refractivity contribution in [2.75, 3.05) is 5.32 Å². The van der Waals surface area contributed by atoms with E-state index in [2.05, 4.69) is 15.3 Å². The molecule has 1 aromatic heterocycles. The zero-order chi connectivity index (χ0) is 18.1. The highest BCUT2D eigenvalue weighted by atomic mass is 19.3. The maximum Gasteiger partial charge on any atom is 0.266 e. The lowest BCUT2D eigenvalue weighted by Gasteiger charge is -2.18. The van der Waals surface area contributed by atoms with Gasteiger partial charge in [0.1, 0.15) is 17.5 Å². The van der Waals surface area contributed by atoms with Crippen molar-refractivity contribution in [3.63, 3.8) is 0 Å². The van der Waals surface area contributed by atoms with Gasteiger partial charge in [-0.15, -0.1) is 0 Å². The molecule has 24 heavy (non-hydrogen) atoms. The molecule has 0 saturated heterocycles. The molecule has 3 rings (SSSR count). The summed E-state index contributed by atoms with van der Waals surface area (Å²) in [6, 6.07) is 8.58. The van der Waals surface area contributed by atoms with Crippen molar-refractivity contribution in [1.82, 2.24) is 9.97 Å². The number of aryl methyl sites for hydroxylation is 1. The highest BCUT2D eigenvalue weighted by Crippen LogP contribution is 2.30. The average Bonchev–Trinajstić information content (AvgIpc) is 2.55. The molecule has 0 fully saturated rings. The molecule has 0 bridgehead atoms. The van der Waals surface area contributed by atoms with Crippen molar-refractivity contribution in [2.45, 2.75) is 26.3 Å². The summed E-state index contributed by atoms with van der Waals surface area (Å²) in [6.45, 7) is 3.39. The molecule has 1 N–H and O–H groups in total. The van der Waals surface area contributed by atoms with Gasteiger partial charge >= 0.3 is 0 Å². The quantitative estimate of drug-likeness (QED) is 0.714. The van der Waals surface area contributed by atoms with Gasteiger partial charge in [0.05, 0.1) is 18.5 Å². The SMILES string of the molecule is [2H]c1ccc2nc(C)nc(NC(C)c3cccc(C(F)F)c3F)c2c1. The molecule has 2 aromatic carbocycles. The summed E-state index contributed by atoms with van der Waals surface area (Å²) in [6.07, 6.45) is -2.87. The summed E-state index contributed by atoms with van der Waals surface area (Å²) in [5.74, 6) is 0.0291. The number of anilines is 1. The minimum atomic E-state index is -2.87. The van der Waals surface area contributed by atoms with Crippen molar-refractivity contribution in [3.8, 4) is 0 Å². The molecule has 0 spiro atoms. The van der Waals surface area contributed by atoms with Crippen LogP contribution in [0.5, 0.6) is 0 Å². The molecule has 0 amide bonds. The van der Waals surface area contributed by atoms with Crippen LogP contribution >= 0.6 is 0 Å². The van der Waals surface area contributed by atoms with Crippen molar-refractivity contribution < 1.29 is 14.5 Å². The molecular formula is C18H16F3N3. The van der Waals surface area contributed by atoms with Crippen LogP contribution in [-0.2, 0) is 0 Å². The normalized spacial score (nSPS) is 13.2. The van der Waals surface area contributed by atoms with Crippen LogP contribution in [0.15, 0.2) is 42.4 Å². The van der Waals surface area contributed by atoms with Gasteiger partial charge < -0.3 is 5.32 Å². The second-order valence-corrected chi connectivity index (χ2v) is 5.48. The number of rotatable bonds is 4. The van der Waals surface area contributed by atoms with Crippen LogP contribution in [0.4, 0.5) is 19.0 Å². The first-order valence-corrected chi connectivity index (χ1v) is 7.45.